The summed E-state index contributed by atoms with van der Waals surface area (Å²) in [6, 6.07) is 5.07. The van der Waals surface area contributed by atoms with E-state index in [0.29, 0.717) is 43.2 Å². The first kappa shape index (κ1) is 37.1. The third-order valence-electron chi connectivity index (χ3n) is 11.8. The summed E-state index contributed by atoms with van der Waals surface area (Å²) in [7, 11) is -4.05. The number of nitrogens with one attached hydrogen (secondary N) is 3. The van der Waals surface area contributed by atoms with E-state index >= 15 is 0 Å². The average Bonchev–Trinajstić information content (AvgIpc) is 4.06. The first-order valence-corrected chi connectivity index (χ1v) is 20.2. The number of fused-ring (bicyclic) bond motifs is 3. The predicted octanol–water partition coefficient (Wildman–Crippen LogP) is 2.84. The van der Waals surface area contributed by atoms with Gasteiger partial charge in [0.1, 0.15) is 29.5 Å². The fraction of sp³-hybridized carbons (Fsp3) is 0.649. The van der Waals surface area contributed by atoms with Gasteiger partial charge in [0.15, 0.2) is 0 Å². The van der Waals surface area contributed by atoms with Gasteiger partial charge in [-0.15, -0.1) is 0 Å². The summed E-state index contributed by atoms with van der Waals surface area (Å²) in [6.07, 6.45) is 3.17. The normalized spacial score (nSPS) is 33.0. The highest BCUT2D eigenvalue weighted by atomic mass is 32.2. The Morgan fingerprint density at radius 3 is 2.40 bits per heavy atom. The number of pyridine rings is 1. The molecule has 0 spiro atoms. The molecule has 1 unspecified atom stereocenters. The number of sulfonamides is 1. The van der Waals surface area contributed by atoms with E-state index in [1.807, 2.05) is 31.2 Å². The molecule has 2 saturated heterocycles. The molecule has 1 aromatic heterocycles. The van der Waals surface area contributed by atoms with Crippen LogP contribution in [-0.2, 0) is 24.4 Å². The lowest BCUT2D eigenvalue weighted by Crippen LogP contribution is -2.59. The Morgan fingerprint density at radius 1 is 1.00 bits per heavy atom. The minimum Gasteiger partial charge on any atom is -0.488 e. The summed E-state index contributed by atoms with van der Waals surface area (Å²) >= 11 is 0. The number of hydrogen-bond acceptors (Lipinski definition) is 10. The number of hydrogen-bond donors (Lipinski definition) is 5. The van der Waals surface area contributed by atoms with E-state index in [1.54, 1.807) is 20.0 Å². The Kier molecular flexibility index (Phi) is 9.75. The minimum absolute atomic E-state index is 0.00351. The summed E-state index contributed by atoms with van der Waals surface area (Å²) in [6.45, 7) is 5.22. The van der Waals surface area contributed by atoms with Crippen molar-refractivity contribution in [1.29, 1.82) is 0 Å². The van der Waals surface area contributed by atoms with Crippen molar-refractivity contribution in [1.82, 2.24) is 25.2 Å². The summed E-state index contributed by atoms with van der Waals surface area (Å²) in [5.41, 5.74) is -1.63. The van der Waals surface area contributed by atoms with Crippen LogP contribution < -0.4 is 24.8 Å². The molecule has 4 amide bonds. The predicted molar refractivity (Wildman–Crippen MR) is 191 cm³/mol. The van der Waals surface area contributed by atoms with Gasteiger partial charge in [0.05, 0.1) is 29.7 Å². The van der Waals surface area contributed by atoms with Gasteiger partial charge in [0.2, 0.25) is 27.7 Å². The van der Waals surface area contributed by atoms with Crippen molar-refractivity contribution in [2.24, 2.45) is 17.8 Å². The van der Waals surface area contributed by atoms with E-state index in [-0.39, 0.29) is 43.7 Å². The molecule has 53 heavy (non-hydrogen) atoms. The molecule has 3 aliphatic carbocycles. The van der Waals surface area contributed by atoms with E-state index in [4.69, 9.17) is 9.47 Å². The van der Waals surface area contributed by atoms with Crippen molar-refractivity contribution < 1.29 is 47.3 Å². The Hall–Kier alpha value is -4.18. The van der Waals surface area contributed by atoms with Gasteiger partial charge >= 0.3 is 6.09 Å². The lowest BCUT2D eigenvalue weighted by molar-refractivity contribution is -0.142. The number of carbonyl (C=O) groups is 4. The Balaban J connectivity index is 1.21. The second-order valence-electron chi connectivity index (χ2n) is 16.2. The van der Waals surface area contributed by atoms with Crippen LogP contribution in [0.2, 0.25) is 0 Å². The maximum Gasteiger partial charge on any atom is 0.405 e. The molecule has 7 rings (SSSR count). The average molecular weight is 756 g/mol. The third-order valence-corrected chi connectivity index (χ3v) is 14.0. The number of benzene rings is 1. The maximum absolute atomic E-state index is 14.4. The second kappa shape index (κ2) is 13.9. The number of carboxylic acid groups (broad SMARTS) is 1. The second-order valence-corrected chi connectivity index (χ2v) is 18.4. The number of aromatic nitrogens is 1. The largest absolute Gasteiger partial charge is 0.488 e. The van der Waals surface area contributed by atoms with Crippen LogP contribution in [0.3, 0.4) is 0 Å². The van der Waals surface area contributed by atoms with Gasteiger partial charge in [0.25, 0.3) is 5.91 Å². The van der Waals surface area contributed by atoms with Crippen LogP contribution in [-0.4, -0.2) is 99.6 Å². The molecule has 0 radical (unpaired) electrons. The number of aliphatic hydroxyl groups is 1. The highest BCUT2D eigenvalue weighted by molar-refractivity contribution is 7.91. The van der Waals surface area contributed by atoms with Crippen LogP contribution in [0.15, 0.2) is 30.5 Å². The smallest absolute Gasteiger partial charge is 0.405 e. The molecule has 5 aliphatic rings. The van der Waals surface area contributed by atoms with Gasteiger partial charge in [-0.2, -0.15) is 0 Å². The zero-order valence-corrected chi connectivity index (χ0v) is 31.1. The summed E-state index contributed by atoms with van der Waals surface area (Å²) in [4.78, 5) is 60.5. The number of amides is 4. The van der Waals surface area contributed by atoms with Gasteiger partial charge in [-0.25, -0.2) is 18.2 Å². The lowest BCUT2D eigenvalue weighted by atomic mass is 9.87. The maximum atomic E-state index is 14.4. The van der Waals surface area contributed by atoms with Crippen molar-refractivity contribution in [2.75, 3.05) is 6.54 Å². The number of ether oxygens (including phenoxy) is 2. The van der Waals surface area contributed by atoms with E-state index < -0.39 is 80.3 Å². The van der Waals surface area contributed by atoms with Crippen LogP contribution in [0.25, 0.3) is 10.8 Å². The summed E-state index contributed by atoms with van der Waals surface area (Å²) < 4.78 is 39.9. The molecule has 8 atom stereocenters. The number of rotatable bonds is 8. The molecule has 5 N–H and O–H groups in total. The first-order chi connectivity index (χ1) is 25.1. The summed E-state index contributed by atoms with van der Waals surface area (Å²) in [5, 5.41) is 27.5. The SMILES string of the molecule is C[C@@H]1CCC(O)C[C@@H]2C[C@@]2(C(=O)NS(=O)(=O)C2(C)CC2)NC(=O)[C@@H]2C[C@@H](Oc3ncc(OC4CC4)c4ccccc34)CN2C(=O)[C@@H](NC(=O)O)[C@H](C)C1. The van der Waals surface area contributed by atoms with Crippen molar-refractivity contribution in [3.8, 4) is 11.6 Å². The van der Waals surface area contributed by atoms with E-state index in [0.717, 1.165) is 18.2 Å². The van der Waals surface area contributed by atoms with Gasteiger partial charge in [-0.3, -0.25) is 19.1 Å². The van der Waals surface area contributed by atoms with Gasteiger partial charge in [-0.05, 0) is 88.5 Å². The fourth-order valence-corrected chi connectivity index (χ4v) is 9.30. The number of carbonyl (C=O) groups excluding carboxylic acids is 3. The molecule has 15 nitrogen and oxygen atoms in total. The number of aliphatic hydroxyl groups excluding tert-OH is 1. The van der Waals surface area contributed by atoms with Crippen molar-refractivity contribution in [2.45, 2.75) is 126 Å². The van der Waals surface area contributed by atoms with Gasteiger partial charge in [-0.1, -0.05) is 32.0 Å². The van der Waals surface area contributed by atoms with Gasteiger partial charge < -0.3 is 35.2 Å². The Labute approximate surface area is 308 Å². The van der Waals surface area contributed by atoms with Crippen LogP contribution in [0.5, 0.6) is 11.6 Å². The van der Waals surface area contributed by atoms with E-state index in [1.165, 1.54) is 4.90 Å². The van der Waals surface area contributed by atoms with Crippen molar-refractivity contribution in [3.63, 3.8) is 0 Å². The van der Waals surface area contributed by atoms with E-state index in [9.17, 15) is 37.8 Å². The number of nitrogens with zero attached hydrogens (tertiary/aromatic N) is 2. The minimum atomic E-state index is -4.05. The topological polar surface area (TPSA) is 214 Å². The molecule has 2 aliphatic heterocycles. The molecule has 3 heterocycles. The van der Waals surface area contributed by atoms with E-state index in [2.05, 4.69) is 20.3 Å². The molecule has 2 aromatic rings. The lowest BCUT2D eigenvalue weighted by Gasteiger charge is -2.32. The fourth-order valence-electron chi connectivity index (χ4n) is 7.98. The highest BCUT2D eigenvalue weighted by Gasteiger charge is 2.64. The quantitative estimate of drug-likeness (QED) is 0.264. The van der Waals surface area contributed by atoms with Crippen molar-refractivity contribution in [3.05, 3.63) is 30.5 Å². The highest BCUT2D eigenvalue weighted by Crippen LogP contribution is 2.49. The molecule has 16 heteroatoms. The Bertz CT molecular complexity index is 1900. The molecular formula is C37H49N5O10S. The molecular weight excluding hydrogens is 706 g/mol. The van der Waals surface area contributed by atoms with Crippen LogP contribution >= 0.6 is 0 Å². The molecule has 288 valence electrons. The standard InChI is InChI=1S/C37H49N5O10S/c1-20-8-9-23(43)15-22-17-37(22,34(46)41-53(49,50)36(3)12-13-36)40-31(44)28-16-25(19-42(28)33(45)30(21(2)14-20)39-35(47)48)52-32-27-7-5-4-6-26(27)29(18-38-32)51-24-10-11-24/h4-7,18,20-25,28,30,39,43H,8-17,19H2,1-3H3,(H,40,44)(H,41,46)(H,47,48)/t20-,21-,22-,23?,25-,28+,30+,37-/m1/s1. The molecule has 0 bridgehead atoms. The zero-order valence-electron chi connectivity index (χ0n) is 30.2. The van der Waals surface area contributed by atoms with Crippen LogP contribution in [0.4, 0.5) is 4.79 Å². The summed E-state index contributed by atoms with van der Waals surface area (Å²) in [5.74, 6) is -2.31. The van der Waals surface area contributed by atoms with Gasteiger partial charge in [0, 0.05) is 17.2 Å². The zero-order chi connectivity index (χ0) is 37.9. The monoisotopic (exact) mass is 755 g/mol. The molecule has 3 saturated carbocycles. The third kappa shape index (κ3) is 7.62. The van der Waals surface area contributed by atoms with Crippen LogP contribution in [0, 0.1) is 17.8 Å². The van der Waals surface area contributed by atoms with Crippen molar-refractivity contribution >= 4 is 44.6 Å². The first-order valence-electron chi connectivity index (χ1n) is 18.7. The Morgan fingerprint density at radius 2 is 1.72 bits per heavy atom. The van der Waals surface area contributed by atoms with Crippen LogP contribution in [0.1, 0.15) is 85.0 Å². The molecule has 1 aromatic carbocycles. The molecule has 5 fully saturated rings.